The number of pyridine rings is 1. The maximum Gasteiger partial charge on any atom is 0.310 e. The van der Waals surface area contributed by atoms with E-state index >= 15 is 0 Å². The van der Waals surface area contributed by atoms with Gasteiger partial charge in [-0.05, 0) is 0 Å². The summed E-state index contributed by atoms with van der Waals surface area (Å²) < 4.78 is 29.5. The minimum absolute atomic E-state index is 0.326. The van der Waals surface area contributed by atoms with Crippen LogP contribution in [0.3, 0.4) is 0 Å². The van der Waals surface area contributed by atoms with Crippen LogP contribution in [0.5, 0.6) is 0 Å². The van der Waals surface area contributed by atoms with Crippen LogP contribution in [0.1, 0.15) is 23.2 Å². The number of carbonyl (C=O) groups is 1. The van der Waals surface area contributed by atoms with Crippen molar-refractivity contribution in [2.75, 3.05) is 7.11 Å². The van der Waals surface area contributed by atoms with E-state index < -0.39 is 35.5 Å². The van der Waals surface area contributed by atoms with Gasteiger partial charge in [-0.15, -0.1) is 0 Å². The normalized spacial score (nSPS) is 10.1. The minimum atomic E-state index is -2.94. The quantitative estimate of drug-likeness (QED) is 0.798. The zero-order valence-electron chi connectivity index (χ0n) is 8.79. The molecule has 1 N–H and O–H groups in total. The molecule has 0 saturated heterocycles. The summed E-state index contributed by atoms with van der Waals surface area (Å²) in [6.45, 7) is 0. The minimum Gasteiger partial charge on any atom is -0.469 e. The summed E-state index contributed by atoms with van der Waals surface area (Å²) in [4.78, 5) is 24.7. The smallest absolute Gasteiger partial charge is 0.310 e. The van der Waals surface area contributed by atoms with Gasteiger partial charge in [0, 0.05) is 11.8 Å². The number of nitriles is 1. The molecule has 0 bridgehead atoms. The number of ether oxygens (including phenoxy) is 1. The molecule has 0 aliphatic heterocycles. The monoisotopic (exact) mass is 242 g/mol. The van der Waals surface area contributed by atoms with Gasteiger partial charge in [-0.25, -0.2) is 8.78 Å². The van der Waals surface area contributed by atoms with Crippen molar-refractivity contribution < 1.29 is 18.3 Å². The predicted molar refractivity (Wildman–Crippen MR) is 52.5 cm³/mol. The van der Waals surface area contributed by atoms with Gasteiger partial charge in [0.05, 0.1) is 19.2 Å². The van der Waals surface area contributed by atoms with Gasteiger partial charge in [0.25, 0.3) is 6.43 Å². The molecule has 1 aromatic rings. The summed E-state index contributed by atoms with van der Waals surface area (Å²) in [7, 11) is 1.08. The molecule has 0 amide bonds. The van der Waals surface area contributed by atoms with Crippen molar-refractivity contribution in [1.29, 1.82) is 5.26 Å². The van der Waals surface area contributed by atoms with Crippen LogP contribution in [0, 0.1) is 11.3 Å². The van der Waals surface area contributed by atoms with Crippen LogP contribution < -0.4 is 5.43 Å². The average molecular weight is 242 g/mol. The summed E-state index contributed by atoms with van der Waals surface area (Å²) in [6.07, 6.45) is -2.64. The first kappa shape index (κ1) is 12.8. The molecule has 5 nitrogen and oxygen atoms in total. The molecule has 0 aromatic carbocycles. The fourth-order valence-electron chi connectivity index (χ4n) is 1.26. The van der Waals surface area contributed by atoms with Gasteiger partial charge in [0.1, 0.15) is 11.6 Å². The lowest BCUT2D eigenvalue weighted by atomic mass is 10.1. The highest BCUT2D eigenvalue weighted by molar-refractivity contribution is 5.72. The molecule has 0 spiro atoms. The van der Waals surface area contributed by atoms with E-state index in [0.717, 1.165) is 13.3 Å². The van der Waals surface area contributed by atoms with Gasteiger partial charge in [0.2, 0.25) is 5.43 Å². The number of halogens is 2. The number of H-pyrrole nitrogens is 1. The number of hydrogen-bond donors (Lipinski definition) is 1. The van der Waals surface area contributed by atoms with Crippen molar-refractivity contribution in [3.8, 4) is 6.07 Å². The summed E-state index contributed by atoms with van der Waals surface area (Å²) in [5.74, 6) is -0.826. The van der Waals surface area contributed by atoms with Crippen molar-refractivity contribution in [3.05, 3.63) is 33.2 Å². The largest absolute Gasteiger partial charge is 0.469 e. The highest BCUT2D eigenvalue weighted by atomic mass is 19.3. The molecule has 0 aliphatic carbocycles. The lowest BCUT2D eigenvalue weighted by Crippen LogP contribution is -2.21. The van der Waals surface area contributed by atoms with E-state index in [-0.39, 0.29) is 5.56 Å². The Hall–Kier alpha value is -2.23. The maximum absolute atomic E-state index is 12.6. The molecule has 0 fully saturated rings. The summed E-state index contributed by atoms with van der Waals surface area (Å²) in [5.41, 5.74) is -2.31. The molecule has 7 heteroatoms. The fourth-order valence-corrected chi connectivity index (χ4v) is 1.26. The zero-order chi connectivity index (χ0) is 13.0. The van der Waals surface area contributed by atoms with Crippen LogP contribution in [-0.2, 0) is 16.0 Å². The predicted octanol–water partition coefficient (Wildman–Crippen LogP) is 0.900. The third kappa shape index (κ3) is 2.66. The maximum atomic E-state index is 12.6. The van der Waals surface area contributed by atoms with E-state index in [2.05, 4.69) is 9.72 Å². The average Bonchev–Trinajstić information content (AvgIpc) is 2.30. The number of rotatable bonds is 3. The first-order valence-corrected chi connectivity index (χ1v) is 4.50. The SMILES string of the molecule is COC(=O)Cc1c(C(F)F)[nH]cc(C#N)c1=O. The van der Waals surface area contributed by atoms with Gasteiger partial charge < -0.3 is 9.72 Å². The second-order valence-corrected chi connectivity index (χ2v) is 3.09. The van der Waals surface area contributed by atoms with E-state index in [1.54, 1.807) is 6.07 Å². The van der Waals surface area contributed by atoms with Crippen molar-refractivity contribution in [3.63, 3.8) is 0 Å². The van der Waals surface area contributed by atoms with Gasteiger partial charge in [-0.2, -0.15) is 5.26 Å². The number of nitrogens with zero attached hydrogens (tertiary/aromatic N) is 1. The Morgan fingerprint density at radius 1 is 1.65 bits per heavy atom. The Labute approximate surface area is 94.6 Å². The van der Waals surface area contributed by atoms with E-state index in [0.29, 0.717) is 0 Å². The number of aromatic amines is 1. The lowest BCUT2D eigenvalue weighted by molar-refractivity contribution is -0.139. The third-order valence-corrected chi connectivity index (χ3v) is 2.10. The Balaban J connectivity index is 3.36. The third-order valence-electron chi connectivity index (χ3n) is 2.10. The van der Waals surface area contributed by atoms with Crippen LogP contribution >= 0.6 is 0 Å². The number of aromatic nitrogens is 1. The standard InChI is InChI=1S/C10H8F2N2O3/c1-17-7(15)2-6-8(10(11)12)14-4-5(3-13)9(6)16/h4,10H,2H2,1H3,(H,14,16). The van der Waals surface area contributed by atoms with Crippen molar-refractivity contribution >= 4 is 5.97 Å². The van der Waals surface area contributed by atoms with Gasteiger partial charge >= 0.3 is 5.97 Å². The number of esters is 1. The molecular formula is C10H8F2N2O3. The van der Waals surface area contributed by atoms with E-state index in [1.165, 1.54) is 0 Å². The summed E-state index contributed by atoms with van der Waals surface area (Å²) in [6, 6.07) is 1.55. The molecule has 0 unspecified atom stereocenters. The number of alkyl halides is 2. The first-order valence-electron chi connectivity index (χ1n) is 4.50. The highest BCUT2D eigenvalue weighted by Crippen LogP contribution is 2.19. The summed E-state index contributed by atoms with van der Waals surface area (Å²) >= 11 is 0. The molecule has 0 radical (unpaired) electrons. The van der Waals surface area contributed by atoms with E-state index in [1.807, 2.05) is 0 Å². The zero-order valence-corrected chi connectivity index (χ0v) is 8.79. The Bertz CT molecular complexity index is 531. The fraction of sp³-hybridized carbons (Fsp3) is 0.300. The highest BCUT2D eigenvalue weighted by Gasteiger charge is 2.21. The molecule has 17 heavy (non-hydrogen) atoms. The Morgan fingerprint density at radius 3 is 2.76 bits per heavy atom. The van der Waals surface area contributed by atoms with Crippen LogP contribution in [0.15, 0.2) is 11.0 Å². The molecule has 0 aliphatic rings. The topological polar surface area (TPSA) is 82.9 Å². The first-order chi connectivity index (χ1) is 8.01. The van der Waals surface area contributed by atoms with Crippen LogP contribution in [0.4, 0.5) is 8.78 Å². The number of carbonyl (C=O) groups excluding carboxylic acids is 1. The van der Waals surface area contributed by atoms with Gasteiger partial charge in [-0.1, -0.05) is 0 Å². The van der Waals surface area contributed by atoms with Crippen LogP contribution in [0.2, 0.25) is 0 Å². The Kier molecular flexibility index (Phi) is 3.93. The van der Waals surface area contributed by atoms with Crippen molar-refractivity contribution in [2.24, 2.45) is 0 Å². The molecule has 1 aromatic heterocycles. The van der Waals surface area contributed by atoms with E-state index in [4.69, 9.17) is 5.26 Å². The van der Waals surface area contributed by atoms with Gasteiger partial charge in [0.15, 0.2) is 0 Å². The number of nitrogens with one attached hydrogen (secondary N) is 1. The van der Waals surface area contributed by atoms with Crippen LogP contribution in [-0.4, -0.2) is 18.1 Å². The van der Waals surface area contributed by atoms with Gasteiger partial charge in [-0.3, -0.25) is 9.59 Å². The second kappa shape index (κ2) is 5.21. The number of methoxy groups -OCH3 is 1. The molecule has 90 valence electrons. The van der Waals surface area contributed by atoms with Crippen molar-refractivity contribution in [1.82, 2.24) is 4.98 Å². The van der Waals surface area contributed by atoms with E-state index in [9.17, 15) is 18.4 Å². The number of hydrogen-bond acceptors (Lipinski definition) is 4. The second-order valence-electron chi connectivity index (χ2n) is 3.09. The molecule has 0 atom stereocenters. The molecule has 1 heterocycles. The summed E-state index contributed by atoms with van der Waals surface area (Å²) in [5, 5.41) is 8.59. The molecular weight excluding hydrogens is 234 g/mol. The van der Waals surface area contributed by atoms with Crippen LogP contribution in [0.25, 0.3) is 0 Å². The molecule has 1 rings (SSSR count). The molecule has 0 saturated carbocycles. The Morgan fingerprint density at radius 2 is 2.29 bits per heavy atom. The lowest BCUT2D eigenvalue weighted by Gasteiger charge is -2.07. The van der Waals surface area contributed by atoms with Crippen molar-refractivity contribution in [2.45, 2.75) is 12.8 Å².